The summed E-state index contributed by atoms with van der Waals surface area (Å²) in [5.74, 6) is 0.611. The fraction of sp³-hybridized carbons (Fsp3) is 0.867. The summed E-state index contributed by atoms with van der Waals surface area (Å²) >= 11 is 0. The Balaban J connectivity index is 0. The van der Waals surface area contributed by atoms with Crippen LogP contribution in [0.1, 0.15) is 41.5 Å². The number of hydrogen-bond acceptors (Lipinski definition) is 3. The first-order chi connectivity index (χ1) is 9.73. The van der Waals surface area contributed by atoms with Crippen molar-refractivity contribution in [1.29, 1.82) is 0 Å². The maximum atomic E-state index is 11.8. The number of carbonyl (C=O) groups is 1. The zero-order valence-corrected chi connectivity index (χ0v) is 17.4. The Morgan fingerprint density at radius 1 is 1.18 bits per heavy atom. The molecule has 1 amide bonds. The van der Waals surface area contributed by atoms with Gasteiger partial charge in [0.2, 0.25) is 5.91 Å². The average molecular weight is 427 g/mol. The van der Waals surface area contributed by atoms with E-state index in [1.54, 1.807) is 7.05 Å². The topological polar surface area (TPSA) is 68.8 Å². The second-order valence-electron chi connectivity index (χ2n) is 6.18. The van der Waals surface area contributed by atoms with Gasteiger partial charge >= 0.3 is 0 Å². The minimum absolute atomic E-state index is 0. The lowest BCUT2D eigenvalue weighted by Gasteiger charge is -2.27. The van der Waals surface area contributed by atoms with Gasteiger partial charge in [-0.2, -0.15) is 0 Å². The first kappa shape index (κ1) is 23.7. The maximum absolute atomic E-state index is 11.8. The molecule has 0 aliphatic rings. The van der Waals surface area contributed by atoms with E-state index in [4.69, 9.17) is 0 Å². The van der Waals surface area contributed by atoms with E-state index in [1.807, 2.05) is 20.8 Å². The zero-order valence-electron chi connectivity index (χ0n) is 15.1. The summed E-state index contributed by atoms with van der Waals surface area (Å²) in [4.78, 5) is 18.3. The normalized spacial score (nSPS) is 13.4. The molecular weight excluding hydrogens is 393 g/mol. The number of likely N-dealkylation sites (N-methyl/N-ethyl adjacent to an activating group) is 1. The number of aliphatic imine (C=N–C) groups is 1. The SMILES string of the molecule is CCN(CC)C(C)CNC(=NC)NCC(=O)NC(C)(C)C.I. The molecule has 0 rings (SSSR count). The molecule has 1 unspecified atom stereocenters. The molecule has 0 heterocycles. The Labute approximate surface area is 152 Å². The second kappa shape index (κ2) is 11.9. The molecule has 0 spiro atoms. The lowest BCUT2D eigenvalue weighted by atomic mass is 10.1. The van der Waals surface area contributed by atoms with Crippen molar-refractivity contribution in [1.82, 2.24) is 20.9 Å². The molecule has 3 N–H and O–H groups in total. The quantitative estimate of drug-likeness (QED) is 0.327. The summed E-state index contributed by atoms with van der Waals surface area (Å²) in [7, 11) is 1.71. The van der Waals surface area contributed by atoms with E-state index in [-0.39, 0.29) is 42.0 Å². The van der Waals surface area contributed by atoms with Crippen LogP contribution >= 0.6 is 24.0 Å². The van der Waals surface area contributed by atoms with Crippen molar-refractivity contribution in [2.75, 3.05) is 33.2 Å². The first-order valence-electron chi connectivity index (χ1n) is 7.73. The van der Waals surface area contributed by atoms with Crippen LogP contribution in [0.4, 0.5) is 0 Å². The number of carbonyl (C=O) groups excluding carboxylic acids is 1. The van der Waals surface area contributed by atoms with E-state index in [0.717, 1.165) is 19.6 Å². The van der Waals surface area contributed by atoms with Crippen LogP contribution in [0.15, 0.2) is 4.99 Å². The third-order valence-electron chi connectivity index (χ3n) is 3.16. The molecule has 0 aliphatic carbocycles. The first-order valence-corrected chi connectivity index (χ1v) is 7.73. The Morgan fingerprint density at radius 2 is 1.73 bits per heavy atom. The molecule has 0 saturated heterocycles. The zero-order chi connectivity index (χ0) is 16.5. The number of nitrogens with one attached hydrogen (secondary N) is 3. The molecule has 0 radical (unpaired) electrons. The van der Waals surface area contributed by atoms with Crippen LogP contribution in [-0.4, -0.2) is 61.6 Å². The highest BCUT2D eigenvalue weighted by atomic mass is 127. The third-order valence-corrected chi connectivity index (χ3v) is 3.16. The van der Waals surface area contributed by atoms with Crippen molar-refractivity contribution in [2.45, 2.75) is 53.1 Å². The van der Waals surface area contributed by atoms with Gasteiger partial charge < -0.3 is 16.0 Å². The van der Waals surface area contributed by atoms with Gasteiger partial charge in [-0.05, 0) is 40.8 Å². The molecule has 1 atom stereocenters. The van der Waals surface area contributed by atoms with E-state index >= 15 is 0 Å². The molecule has 0 aliphatic heterocycles. The Hall–Kier alpha value is -0.570. The minimum Gasteiger partial charge on any atom is -0.355 e. The predicted octanol–water partition coefficient (Wildman–Crippen LogP) is 1.41. The summed E-state index contributed by atoms with van der Waals surface area (Å²) in [6.45, 7) is 15.4. The van der Waals surface area contributed by atoms with Crippen LogP contribution < -0.4 is 16.0 Å². The number of halogens is 1. The highest BCUT2D eigenvalue weighted by molar-refractivity contribution is 14.0. The number of guanidine groups is 1. The van der Waals surface area contributed by atoms with Crippen LogP contribution in [0.3, 0.4) is 0 Å². The van der Waals surface area contributed by atoms with E-state index in [0.29, 0.717) is 12.0 Å². The van der Waals surface area contributed by atoms with E-state index < -0.39 is 0 Å². The lowest BCUT2D eigenvalue weighted by molar-refractivity contribution is -0.121. The van der Waals surface area contributed by atoms with Crippen molar-refractivity contribution in [3.8, 4) is 0 Å². The van der Waals surface area contributed by atoms with Gasteiger partial charge in [0.05, 0.1) is 6.54 Å². The summed E-state index contributed by atoms with van der Waals surface area (Å²) in [5, 5.41) is 9.19. The predicted molar refractivity (Wildman–Crippen MR) is 105 cm³/mol. The number of rotatable bonds is 7. The minimum atomic E-state index is -0.215. The smallest absolute Gasteiger partial charge is 0.239 e. The van der Waals surface area contributed by atoms with Gasteiger partial charge in [-0.25, -0.2) is 0 Å². The fourth-order valence-electron chi connectivity index (χ4n) is 2.07. The van der Waals surface area contributed by atoms with E-state index in [1.165, 1.54) is 0 Å². The van der Waals surface area contributed by atoms with Crippen LogP contribution in [0.5, 0.6) is 0 Å². The maximum Gasteiger partial charge on any atom is 0.239 e. The van der Waals surface area contributed by atoms with Crippen LogP contribution in [0, 0.1) is 0 Å². The fourth-order valence-corrected chi connectivity index (χ4v) is 2.07. The van der Waals surface area contributed by atoms with Gasteiger partial charge in [0.1, 0.15) is 0 Å². The highest BCUT2D eigenvalue weighted by Gasteiger charge is 2.14. The molecule has 7 heteroatoms. The molecule has 0 aromatic heterocycles. The summed E-state index contributed by atoms with van der Waals surface area (Å²) in [6, 6.07) is 0.418. The van der Waals surface area contributed by atoms with E-state index in [2.05, 4.69) is 46.6 Å². The summed E-state index contributed by atoms with van der Waals surface area (Å²) in [6.07, 6.45) is 0. The van der Waals surface area contributed by atoms with Gasteiger partial charge in [0, 0.05) is 25.2 Å². The largest absolute Gasteiger partial charge is 0.355 e. The molecular formula is C15H34IN5O. The van der Waals surface area contributed by atoms with Gasteiger partial charge in [0.15, 0.2) is 5.96 Å². The van der Waals surface area contributed by atoms with Crippen molar-refractivity contribution < 1.29 is 4.79 Å². The van der Waals surface area contributed by atoms with Crippen molar-refractivity contribution >= 4 is 35.8 Å². The summed E-state index contributed by atoms with van der Waals surface area (Å²) in [5.41, 5.74) is -0.215. The molecule has 22 heavy (non-hydrogen) atoms. The van der Waals surface area contributed by atoms with Gasteiger partial charge in [-0.15, -0.1) is 24.0 Å². The van der Waals surface area contributed by atoms with Gasteiger partial charge in [0.25, 0.3) is 0 Å². The summed E-state index contributed by atoms with van der Waals surface area (Å²) < 4.78 is 0. The van der Waals surface area contributed by atoms with Crippen molar-refractivity contribution in [3.05, 3.63) is 0 Å². The monoisotopic (exact) mass is 427 g/mol. The van der Waals surface area contributed by atoms with Crippen LogP contribution in [0.2, 0.25) is 0 Å². The van der Waals surface area contributed by atoms with Crippen molar-refractivity contribution in [2.24, 2.45) is 4.99 Å². The molecule has 0 fully saturated rings. The molecule has 0 saturated carbocycles. The molecule has 0 bridgehead atoms. The number of hydrogen-bond donors (Lipinski definition) is 3. The van der Waals surface area contributed by atoms with Gasteiger partial charge in [-0.3, -0.25) is 14.7 Å². The highest BCUT2D eigenvalue weighted by Crippen LogP contribution is 1.97. The standard InChI is InChI=1S/C15H33N5O.HI/c1-8-20(9-2)12(3)10-17-14(16-7)18-11-13(21)19-15(4,5)6;/h12H,8-11H2,1-7H3,(H,19,21)(H2,16,17,18);1H. The van der Waals surface area contributed by atoms with Crippen LogP contribution in [0.25, 0.3) is 0 Å². The second-order valence-corrected chi connectivity index (χ2v) is 6.18. The Morgan fingerprint density at radius 3 is 2.14 bits per heavy atom. The third kappa shape index (κ3) is 11.1. The van der Waals surface area contributed by atoms with E-state index in [9.17, 15) is 4.79 Å². The number of amides is 1. The molecule has 6 nitrogen and oxygen atoms in total. The van der Waals surface area contributed by atoms with Gasteiger partial charge in [-0.1, -0.05) is 13.8 Å². The Bertz CT molecular complexity index is 337. The van der Waals surface area contributed by atoms with Crippen LogP contribution in [-0.2, 0) is 4.79 Å². The lowest BCUT2D eigenvalue weighted by Crippen LogP contribution is -2.50. The molecule has 132 valence electrons. The average Bonchev–Trinajstić information content (AvgIpc) is 2.38. The molecule has 0 aromatic rings. The number of nitrogens with zero attached hydrogens (tertiary/aromatic N) is 2. The van der Waals surface area contributed by atoms with Crippen molar-refractivity contribution in [3.63, 3.8) is 0 Å². The molecule has 0 aromatic carbocycles. The Kier molecular flexibility index (Phi) is 12.8.